The van der Waals surface area contributed by atoms with Gasteiger partial charge in [-0.05, 0) is 38.3 Å². The summed E-state index contributed by atoms with van der Waals surface area (Å²) in [6.07, 6.45) is 6.83. The lowest BCUT2D eigenvalue weighted by Crippen LogP contribution is -2.32. The van der Waals surface area contributed by atoms with Gasteiger partial charge in [0.25, 0.3) is 0 Å². The Hall–Kier alpha value is -1.71. The van der Waals surface area contributed by atoms with Crippen LogP contribution in [0.2, 0.25) is 0 Å². The standard InChI is InChI=1S/C19H28N2O2/c1-3-22-16-9-10-17(18(12-16)23-4-2)19-20-13-15(21-19)11-14-7-5-6-8-14/h9-10,12,14-15H,3-8,11,13H2,1-2H3,(H,20,21). The largest absolute Gasteiger partial charge is 0.494 e. The van der Waals surface area contributed by atoms with Gasteiger partial charge in [-0.15, -0.1) is 0 Å². The molecule has 23 heavy (non-hydrogen) atoms. The zero-order valence-electron chi connectivity index (χ0n) is 14.3. The fourth-order valence-electron chi connectivity index (χ4n) is 3.66. The van der Waals surface area contributed by atoms with Gasteiger partial charge in [-0.2, -0.15) is 0 Å². The Morgan fingerprint density at radius 1 is 1.13 bits per heavy atom. The Morgan fingerprint density at radius 3 is 2.65 bits per heavy atom. The molecule has 1 fully saturated rings. The van der Waals surface area contributed by atoms with Crippen molar-refractivity contribution in [2.75, 3.05) is 19.8 Å². The maximum Gasteiger partial charge on any atom is 0.133 e. The molecule has 1 saturated carbocycles. The molecule has 0 spiro atoms. The normalized spacial score (nSPS) is 21.1. The number of hydrogen-bond acceptors (Lipinski definition) is 4. The summed E-state index contributed by atoms with van der Waals surface area (Å²) in [5.74, 6) is 3.56. The van der Waals surface area contributed by atoms with Crippen LogP contribution in [0.5, 0.6) is 11.5 Å². The maximum absolute atomic E-state index is 5.80. The quantitative estimate of drug-likeness (QED) is 0.832. The summed E-state index contributed by atoms with van der Waals surface area (Å²) in [6.45, 7) is 6.17. The molecule has 0 bridgehead atoms. The van der Waals surface area contributed by atoms with Crippen molar-refractivity contribution in [3.05, 3.63) is 23.8 Å². The molecule has 1 unspecified atom stereocenters. The van der Waals surface area contributed by atoms with Crippen LogP contribution in [-0.2, 0) is 0 Å². The maximum atomic E-state index is 5.80. The summed E-state index contributed by atoms with van der Waals surface area (Å²) < 4.78 is 11.4. The molecule has 0 radical (unpaired) electrons. The summed E-state index contributed by atoms with van der Waals surface area (Å²) in [7, 11) is 0. The number of benzene rings is 1. The van der Waals surface area contributed by atoms with Gasteiger partial charge in [-0.25, -0.2) is 0 Å². The summed E-state index contributed by atoms with van der Waals surface area (Å²) in [5.41, 5.74) is 1.05. The molecule has 1 N–H and O–H groups in total. The fraction of sp³-hybridized carbons (Fsp3) is 0.632. The van der Waals surface area contributed by atoms with Crippen molar-refractivity contribution < 1.29 is 9.47 Å². The number of amidine groups is 1. The first-order chi connectivity index (χ1) is 11.3. The predicted octanol–water partition coefficient (Wildman–Crippen LogP) is 3.78. The van der Waals surface area contributed by atoms with Crippen molar-refractivity contribution in [2.24, 2.45) is 10.9 Å². The van der Waals surface area contributed by atoms with Crippen LogP contribution in [0.1, 0.15) is 51.5 Å². The highest BCUT2D eigenvalue weighted by Gasteiger charge is 2.25. The number of ether oxygens (including phenoxy) is 2. The molecule has 1 heterocycles. The van der Waals surface area contributed by atoms with Gasteiger partial charge in [0.2, 0.25) is 0 Å². The van der Waals surface area contributed by atoms with E-state index in [1.54, 1.807) is 0 Å². The molecule has 126 valence electrons. The minimum Gasteiger partial charge on any atom is -0.494 e. The van der Waals surface area contributed by atoms with Crippen molar-refractivity contribution in [3.63, 3.8) is 0 Å². The third-order valence-corrected chi connectivity index (χ3v) is 4.72. The predicted molar refractivity (Wildman–Crippen MR) is 93.7 cm³/mol. The van der Waals surface area contributed by atoms with Crippen LogP contribution in [0, 0.1) is 5.92 Å². The van der Waals surface area contributed by atoms with Gasteiger partial charge in [0.15, 0.2) is 0 Å². The van der Waals surface area contributed by atoms with Gasteiger partial charge in [0.1, 0.15) is 17.3 Å². The molecule has 1 aromatic rings. The van der Waals surface area contributed by atoms with Crippen LogP contribution in [0.15, 0.2) is 23.2 Å². The van der Waals surface area contributed by atoms with Gasteiger partial charge in [0.05, 0.1) is 25.3 Å². The lowest BCUT2D eigenvalue weighted by molar-refractivity contribution is 0.322. The van der Waals surface area contributed by atoms with E-state index in [2.05, 4.69) is 11.4 Å². The molecule has 2 aliphatic rings. The Labute approximate surface area is 139 Å². The summed E-state index contributed by atoms with van der Waals surface area (Å²) in [5, 5.41) is 3.61. The molecule has 0 amide bonds. The Kier molecular flexibility index (Phi) is 5.42. The lowest BCUT2D eigenvalue weighted by Gasteiger charge is -2.17. The Bertz CT molecular complexity index is 550. The zero-order valence-corrected chi connectivity index (χ0v) is 14.3. The van der Waals surface area contributed by atoms with E-state index in [0.717, 1.165) is 35.4 Å². The van der Waals surface area contributed by atoms with Crippen LogP contribution in [0.25, 0.3) is 0 Å². The van der Waals surface area contributed by atoms with Gasteiger partial charge in [-0.3, -0.25) is 4.99 Å². The van der Waals surface area contributed by atoms with Crippen LogP contribution in [-0.4, -0.2) is 31.6 Å². The molecule has 4 nitrogen and oxygen atoms in total. The second-order valence-corrected chi connectivity index (χ2v) is 6.44. The van der Waals surface area contributed by atoms with Crippen molar-refractivity contribution >= 4 is 5.84 Å². The number of aliphatic imine (C=N–C) groups is 1. The highest BCUT2D eigenvalue weighted by Crippen LogP contribution is 2.31. The van der Waals surface area contributed by atoms with E-state index < -0.39 is 0 Å². The van der Waals surface area contributed by atoms with E-state index in [9.17, 15) is 0 Å². The van der Waals surface area contributed by atoms with E-state index in [1.165, 1.54) is 32.1 Å². The molecule has 1 aliphatic heterocycles. The first kappa shape index (κ1) is 16.2. The third-order valence-electron chi connectivity index (χ3n) is 4.72. The van der Waals surface area contributed by atoms with Gasteiger partial charge in [-0.1, -0.05) is 25.7 Å². The van der Waals surface area contributed by atoms with E-state index in [-0.39, 0.29) is 0 Å². The third kappa shape index (κ3) is 3.98. The number of nitrogens with one attached hydrogen (secondary N) is 1. The van der Waals surface area contributed by atoms with E-state index >= 15 is 0 Å². The van der Waals surface area contributed by atoms with Crippen LogP contribution < -0.4 is 14.8 Å². The van der Waals surface area contributed by atoms with Crippen LogP contribution >= 0.6 is 0 Å². The zero-order chi connectivity index (χ0) is 16.1. The molecule has 1 aromatic carbocycles. The molecule has 3 rings (SSSR count). The minimum atomic E-state index is 0.481. The second kappa shape index (κ2) is 7.71. The Morgan fingerprint density at radius 2 is 1.91 bits per heavy atom. The highest BCUT2D eigenvalue weighted by atomic mass is 16.5. The molecular formula is C19H28N2O2. The average Bonchev–Trinajstić information content (AvgIpc) is 3.21. The number of hydrogen-bond donors (Lipinski definition) is 1. The highest BCUT2D eigenvalue weighted by molar-refractivity contribution is 6.02. The minimum absolute atomic E-state index is 0.481. The van der Waals surface area contributed by atoms with E-state index in [1.807, 2.05) is 26.0 Å². The van der Waals surface area contributed by atoms with E-state index in [0.29, 0.717) is 19.3 Å². The smallest absolute Gasteiger partial charge is 0.133 e. The number of rotatable bonds is 7. The summed E-state index contributed by atoms with van der Waals surface area (Å²) in [6, 6.07) is 6.50. The number of nitrogens with zero attached hydrogens (tertiary/aromatic N) is 1. The lowest BCUT2D eigenvalue weighted by atomic mass is 9.99. The molecular weight excluding hydrogens is 288 g/mol. The first-order valence-corrected chi connectivity index (χ1v) is 9.01. The van der Waals surface area contributed by atoms with Crippen molar-refractivity contribution in [2.45, 2.75) is 52.0 Å². The van der Waals surface area contributed by atoms with Crippen molar-refractivity contribution in [1.29, 1.82) is 0 Å². The molecule has 0 saturated heterocycles. The monoisotopic (exact) mass is 316 g/mol. The summed E-state index contributed by atoms with van der Waals surface area (Å²) >= 11 is 0. The van der Waals surface area contributed by atoms with Gasteiger partial charge < -0.3 is 14.8 Å². The van der Waals surface area contributed by atoms with Crippen molar-refractivity contribution in [1.82, 2.24) is 5.32 Å². The first-order valence-electron chi connectivity index (χ1n) is 9.01. The topological polar surface area (TPSA) is 42.8 Å². The summed E-state index contributed by atoms with van der Waals surface area (Å²) in [4.78, 5) is 4.73. The van der Waals surface area contributed by atoms with Crippen LogP contribution in [0.4, 0.5) is 0 Å². The van der Waals surface area contributed by atoms with Crippen molar-refractivity contribution in [3.8, 4) is 11.5 Å². The van der Waals surface area contributed by atoms with Gasteiger partial charge >= 0.3 is 0 Å². The molecule has 1 atom stereocenters. The SMILES string of the molecule is CCOc1ccc(C2=NCC(CC3CCCC3)N2)c(OCC)c1. The van der Waals surface area contributed by atoms with E-state index in [4.69, 9.17) is 14.5 Å². The van der Waals surface area contributed by atoms with Gasteiger partial charge in [0, 0.05) is 12.1 Å². The van der Waals surface area contributed by atoms with Crippen LogP contribution in [0.3, 0.4) is 0 Å². The second-order valence-electron chi connectivity index (χ2n) is 6.44. The Balaban J connectivity index is 1.68. The molecule has 0 aromatic heterocycles. The molecule has 4 heteroatoms. The average molecular weight is 316 g/mol. The fourth-order valence-corrected chi connectivity index (χ4v) is 3.66. The molecule has 1 aliphatic carbocycles.